The Morgan fingerprint density at radius 1 is 1.20 bits per heavy atom. The van der Waals surface area contributed by atoms with Crippen molar-refractivity contribution < 1.29 is 14.3 Å². The summed E-state index contributed by atoms with van der Waals surface area (Å²) < 4.78 is 5.74. The topological polar surface area (TPSA) is 118 Å². The lowest BCUT2D eigenvalue weighted by Crippen LogP contribution is -2.46. The van der Waals surface area contributed by atoms with Gasteiger partial charge in [-0.3, -0.25) is 14.5 Å². The smallest absolute Gasteiger partial charge is 0.251 e. The molecule has 0 aliphatic carbocycles. The van der Waals surface area contributed by atoms with Gasteiger partial charge < -0.3 is 15.0 Å². The van der Waals surface area contributed by atoms with Gasteiger partial charge in [0.1, 0.15) is 12.6 Å². The highest BCUT2D eigenvalue weighted by Gasteiger charge is 2.35. The van der Waals surface area contributed by atoms with Crippen LogP contribution in [0.25, 0.3) is 21.6 Å². The van der Waals surface area contributed by atoms with Gasteiger partial charge in [0.25, 0.3) is 5.91 Å². The Morgan fingerprint density at radius 2 is 2.10 bits per heavy atom. The number of benzene rings is 2. The van der Waals surface area contributed by atoms with Crippen molar-refractivity contribution in [2.24, 2.45) is 0 Å². The Balaban J connectivity index is 1.39. The number of anilines is 1. The number of rotatable bonds is 9. The van der Waals surface area contributed by atoms with E-state index in [4.69, 9.17) is 4.74 Å². The predicted molar refractivity (Wildman–Crippen MR) is 153 cm³/mol. The molecule has 2 aromatic carbocycles. The molecule has 1 saturated heterocycles. The fraction of sp³-hybridized carbons (Fsp3) is 0.276. The molecule has 0 unspecified atom stereocenters. The highest BCUT2D eigenvalue weighted by Crippen LogP contribution is 2.33. The molecule has 0 spiro atoms. The van der Waals surface area contributed by atoms with Crippen LogP contribution in [0, 0.1) is 6.92 Å². The lowest BCUT2D eigenvalue weighted by atomic mass is 10.0. The minimum atomic E-state index is -0.952. The first kappa shape index (κ1) is 25.9. The summed E-state index contributed by atoms with van der Waals surface area (Å²) in [6.45, 7) is 2.84. The molecule has 2 amide bonds. The fourth-order valence-electron chi connectivity index (χ4n) is 5.06. The van der Waals surface area contributed by atoms with E-state index in [0.29, 0.717) is 30.2 Å². The van der Waals surface area contributed by atoms with Crippen LogP contribution < -0.4 is 10.2 Å². The van der Waals surface area contributed by atoms with Crippen LogP contribution in [0.2, 0.25) is 0 Å². The van der Waals surface area contributed by atoms with Gasteiger partial charge in [-0.15, -0.1) is 21.5 Å². The van der Waals surface area contributed by atoms with Crippen LogP contribution in [0.4, 0.5) is 5.69 Å². The van der Waals surface area contributed by atoms with E-state index in [2.05, 4.69) is 25.7 Å². The van der Waals surface area contributed by atoms with Crippen LogP contribution in [0.5, 0.6) is 0 Å². The maximum absolute atomic E-state index is 14.1. The highest BCUT2D eigenvalue weighted by atomic mass is 32.1. The number of tetrazole rings is 1. The summed E-state index contributed by atoms with van der Waals surface area (Å²) in [5.41, 5.74) is 3.14. The average Bonchev–Trinajstić information content (AvgIpc) is 3.78. The third kappa shape index (κ3) is 5.38. The van der Waals surface area contributed by atoms with Gasteiger partial charge in [0.15, 0.2) is 0 Å². The standard InChI is InChI=1S/C29H29N7O3S/c1-19-7-4-8-20(15-19)36(26(37)18-35-33-28(32-34-35)25-12-6-14-40-25)27(29(38)31-16-21-9-5-13-39-21)23-17-30-24-11-3-2-10-22(23)24/h2-4,6-8,10-12,14-15,17,21,27,30H,5,9,13,16,18H2,1H3,(H,31,38)/t21-,27+/m1/s1. The molecule has 4 heterocycles. The van der Waals surface area contributed by atoms with Crippen molar-refractivity contribution in [1.82, 2.24) is 30.5 Å². The Morgan fingerprint density at radius 3 is 2.90 bits per heavy atom. The lowest BCUT2D eigenvalue weighted by Gasteiger charge is -2.31. The van der Waals surface area contributed by atoms with E-state index in [1.807, 2.05) is 73.0 Å². The van der Waals surface area contributed by atoms with Gasteiger partial charge in [0.05, 0.1) is 11.0 Å². The van der Waals surface area contributed by atoms with Crippen molar-refractivity contribution in [3.8, 4) is 10.7 Å². The normalized spacial score (nSPS) is 15.8. The van der Waals surface area contributed by atoms with Crippen LogP contribution in [-0.2, 0) is 20.9 Å². The number of hydrogen-bond acceptors (Lipinski definition) is 7. The first-order valence-electron chi connectivity index (χ1n) is 13.2. The molecule has 0 bridgehead atoms. The zero-order chi connectivity index (χ0) is 27.5. The number of aromatic amines is 1. The number of ether oxygens (including phenoxy) is 1. The molecule has 2 atom stereocenters. The zero-order valence-electron chi connectivity index (χ0n) is 22.0. The van der Waals surface area contributed by atoms with Crippen molar-refractivity contribution >= 4 is 39.7 Å². The number of hydrogen-bond donors (Lipinski definition) is 2. The summed E-state index contributed by atoms with van der Waals surface area (Å²) in [5, 5.41) is 18.5. The number of fused-ring (bicyclic) bond motifs is 1. The molecule has 2 N–H and O–H groups in total. The molecular weight excluding hydrogens is 526 g/mol. The zero-order valence-corrected chi connectivity index (χ0v) is 22.8. The Labute approximate surface area is 235 Å². The molecule has 40 heavy (non-hydrogen) atoms. The number of carbonyl (C=O) groups excluding carboxylic acids is 2. The molecule has 5 aromatic rings. The first-order valence-corrected chi connectivity index (χ1v) is 14.1. The van der Waals surface area contributed by atoms with Gasteiger partial charge in [0, 0.05) is 41.5 Å². The predicted octanol–water partition coefficient (Wildman–Crippen LogP) is 4.26. The van der Waals surface area contributed by atoms with E-state index in [-0.39, 0.29) is 24.5 Å². The van der Waals surface area contributed by atoms with Gasteiger partial charge in [-0.25, -0.2) is 0 Å². The number of amides is 2. The molecule has 1 aliphatic rings. The minimum Gasteiger partial charge on any atom is -0.376 e. The second-order valence-corrected chi connectivity index (χ2v) is 10.7. The van der Waals surface area contributed by atoms with Gasteiger partial charge in [-0.05, 0) is 60.2 Å². The number of nitrogens with zero attached hydrogens (tertiary/aromatic N) is 5. The molecule has 6 rings (SSSR count). The number of nitrogens with one attached hydrogen (secondary N) is 2. The monoisotopic (exact) mass is 555 g/mol. The maximum atomic E-state index is 14.1. The average molecular weight is 556 g/mol. The number of H-pyrrole nitrogens is 1. The van der Waals surface area contributed by atoms with Gasteiger partial charge in [0.2, 0.25) is 11.7 Å². The third-order valence-electron chi connectivity index (χ3n) is 6.97. The second-order valence-electron chi connectivity index (χ2n) is 9.80. The summed E-state index contributed by atoms with van der Waals surface area (Å²) in [6.07, 6.45) is 3.63. The summed E-state index contributed by atoms with van der Waals surface area (Å²) in [5.74, 6) is -0.184. The van der Waals surface area contributed by atoms with Crippen LogP contribution in [0.15, 0.2) is 72.2 Å². The Hall–Kier alpha value is -4.35. The number of aromatic nitrogens is 5. The SMILES string of the molecule is Cc1cccc(N(C(=O)Cn2nnc(-c3cccs3)n2)[C@H](C(=O)NC[C@H]2CCCO2)c2c[nH]c3ccccc23)c1. The Bertz CT molecular complexity index is 1620. The van der Waals surface area contributed by atoms with E-state index < -0.39 is 6.04 Å². The van der Waals surface area contributed by atoms with Crippen molar-refractivity contribution in [3.63, 3.8) is 0 Å². The summed E-state index contributed by atoms with van der Waals surface area (Å²) >= 11 is 1.50. The molecular formula is C29H29N7O3S. The van der Waals surface area contributed by atoms with E-state index in [1.54, 1.807) is 11.1 Å². The van der Waals surface area contributed by atoms with Crippen LogP contribution in [0.3, 0.4) is 0 Å². The summed E-state index contributed by atoms with van der Waals surface area (Å²) in [7, 11) is 0. The second kappa shape index (κ2) is 11.4. The van der Waals surface area contributed by atoms with Gasteiger partial charge in [-0.2, -0.15) is 4.80 Å². The van der Waals surface area contributed by atoms with Gasteiger partial charge >= 0.3 is 0 Å². The largest absolute Gasteiger partial charge is 0.376 e. The van der Waals surface area contributed by atoms with E-state index in [9.17, 15) is 9.59 Å². The summed E-state index contributed by atoms with van der Waals surface area (Å²) in [4.78, 5) is 35.1. The van der Waals surface area contributed by atoms with Crippen molar-refractivity contribution in [3.05, 3.63) is 83.4 Å². The van der Waals surface area contributed by atoms with E-state index in [0.717, 1.165) is 34.2 Å². The quantitative estimate of drug-likeness (QED) is 0.281. The van der Waals surface area contributed by atoms with Crippen LogP contribution in [-0.4, -0.2) is 56.3 Å². The van der Waals surface area contributed by atoms with Crippen molar-refractivity contribution in [2.45, 2.75) is 38.5 Å². The fourth-order valence-corrected chi connectivity index (χ4v) is 5.71. The molecule has 1 aliphatic heterocycles. The molecule has 0 radical (unpaired) electrons. The molecule has 11 heteroatoms. The minimum absolute atomic E-state index is 0.0364. The van der Waals surface area contributed by atoms with Crippen LogP contribution >= 0.6 is 11.3 Å². The summed E-state index contributed by atoms with van der Waals surface area (Å²) in [6, 6.07) is 18.2. The van der Waals surface area contributed by atoms with Crippen LogP contribution in [0.1, 0.15) is 30.0 Å². The van der Waals surface area contributed by atoms with E-state index in [1.165, 1.54) is 16.1 Å². The molecule has 10 nitrogen and oxygen atoms in total. The van der Waals surface area contributed by atoms with Crippen molar-refractivity contribution in [2.75, 3.05) is 18.1 Å². The van der Waals surface area contributed by atoms with E-state index >= 15 is 0 Å². The lowest BCUT2D eigenvalue weighted by molar-refractivity contribution is -0.127. The maximum Gasteiger partial charge on any atom is 0.251 e. The number of aryl methyl sites for hydroxylation is 1. The number of carbonyl (C=O) groups is 2. The highest BCUT2D eigenvalue weighted by molar-refractivity contribution is 7.13. The molecule has 1 fully saturated rings. The number of thiophene rings is 1. The Kier molecular flexibility index (Phi) is 7.39. The number of para-hydroxylation sites is 1. The third-order valence-corrected chi connectivity index (χ3v) is 7.84. The molecule has 3 aromatic heterocycles. The molecule has 204 valence electrons. The first-order chi connectivity index (χ1) is 19.6. The molecule has 0 saturated carbocycles. The van der Waals surface area contributed by atoms with Crippen molar-refractivity contribution in [1.29, 1.82) is 0 Å². The van der Waals surface area contributed by atoms with Gasteiger partial charge in [-0.1, -0.05) is 36.4 Å².